The summed E-state index contributed by atoms with van der Waals surface area (Å²) in [6.07, 6.45) is -0.308. The van der Waals surface area contributed by atoms with Crippen LogP contribution >= 0.6 is 0 Å². The van der Waals surface area contributed by atoms with Crippen LogP contribution in [0.15, 0.2) is 4.99 Å². The Morgan fingerprint density at radius 2 is 2.18 bits per heavy atom. The Balaban J connectivity index is 2.64. The fourth-order valence-electron chi connectivity index (χ4n) is 1.51. The molecule has 98 valence electrons. The summed E-state index contributed by atoms with van der Waals surface area (Å²) < 4.78 is 10.7. The molecule has 17 heavy (non-hydrogen) atoms. The van der Waals surface area contributed by atoms with Crippen LogP contribution in [0.25, 0.3) is 0 Å². The van der Waals surface area contributed by atoms with Gasteiger partial charge in [0.1, 0.15) is 12.1 Å². The van der Waals surface area contributed by atoms with Gasteiger partial charge in [-0.25, -0.2) is 4.79 Å². The first-order valence-electron chi connectivity index (χ1n) is 5.99. The number of ether oxygens (including phenoxy) is 2. The van der Waals surface area contributed by atoms with Crippen LogP contribution in [-0.2, 0) is 9.47 Å². The summed E-state index contributed by atoms with van der Waals surface area (Å²) in [4.78, 5) is 17.9. The van der Waals surface area contributed by atoms with Gasteiger partial charge in [0, 0.05) is 0 Å². The maximum Gasteiger partial charge on any atom is 0.411 e. The summed E-state index contributed by atoms with van der Waals surface area (Å²) in [6.45, 7) is 11.0. The van der Waals surface area contributed by atoms with Gasteiger partial charge >= 0.3 is 6.09 Å². The highest BCUT2D eigenvalue weighted by Gasteiger charge is 2.29. The normalized spacial score (nSPS) is 20.9. The summed E-state index contributed by atoms with van der Waals surface area (Å²) in [5, 5.41) is 0. The van der Waals surface area contributed by atoms with Crippen molar-refractivity contribution in [3.8, 4) is 0 Å². The average molecular weight is 242 g/mol. The summed E-state index contributed by atoms with van der Waals surface area (Å²) >= 11 is 0. The molecule has 0 aromatic carbocycles. The molecule has 5 nitrogen and oxygen atoms in total. The molecule has 1 amide bonds. The Hall–Kier alpha value is -1.26. The molecule has 0 N–H and O–H groups in total. The molecular weight excluding hydrogens is 220 g/mol. The van der Waals surface area contributed by atoms with Crippen LogP contribution < -0.4 is 0 Å². The van der Waals surface area contributed by atoms with E-state index in [2.05, 4.69) is 4.99 Å². The van der Waals surface area contributed by atoms with Gasteiger partial charge < -0.3 is 9.47 Å². The van der Waals surface area contributed by atoms with Crippen molar-refractivity contribution >= 4 is 12.0 Å². The summed E-state index contributed by atoms with van der Waals surface area (Å²) in [6, 6.07) is 0.0501. The number of carbonyl (C=O) groups excluding carboxylic acids is 1. The molecule has 1 atom stereocenters. The molecule has 0 spiro atoms. The van der Waals surface area contributed by atoms with Crippen LogP contribution in [0.5, 0.6) is 0 Å². The van der Waals surface area contributed by atoms with Crippen LogP contribution in [0.2, 0.25) is 0 Å². The van der Waals surface area contributed by atoms with Gasteiger partial charge in [-0.15, -0.1) is 0 Å². The van der Waals surface area contributed by atoms with E-state index in [0.29, 0.717) is 25.6 Å². The van der Waals surface area contributed by atoms with E-state index in [1.807, 2.05) is 34.6 Å². The Morgan fingerprint density at radius 3 is 2.71 bits per heavy atom. The Morgan fingerprint density at radius 1 is 1.53 bits per heavy atom. The molecule has 0 aromatic rings. The molecule has 1 aliphatic heterocycles. The monoisotopic (exact) mass is 242 g/mol. The van der Waals surface area contributed by atoms with E-state index < -0.39 is 5.60 Å². The van der Waals surface area contributed by atoms with Gasteiger partial charge in [0.25, 0.3) is 0 Å². The zero-order chi connectivity index (χ0) is 13.1. The van der Waals surface area contributed by atoms with Crippen molar-refractivity contribution in [2.75, 3.05) is 19.7 Å². The van der Waals surface area contributed by atoms with Gasteiger partial charge in [0.15, 0.2) is 0 Å². The Kier molecular flexibility index (Phi) is 4.37. The molecule has 0 bridgehead atoms. The van der Waals surface area contributed by atoms with Gasteiger partial charge in [0.2, 0.25) is 5.90 Å². The highest BCUT2D eigenvalue weighted by Crippen LogP contribution is 2.14. The third-order valence-corrected chi connectivity index (χ3v) is 2.31. The van der Waals surface area contributed by atoms with Crippen LogP contribution in [0.3, 0.4) is 0 Å². The molecule has 0 aromatic heterocycles. The lowest BCUT2D eigenvalue weighted by molar-refractivity contribution is 0.0192. The molecule has 1 rings (SSSR count). The van der Waals surface area contributed by atoms with Gasteiger partial charge in [-0.3, -0.25) is 9.89 Å². The first-order valence-corrected chi connectivity index (χ1v) is 5.99. The molecule has 0 fully saturated rings. The van der Waals surface area contributed by atoms with Crippen molar-refractivity contribution in [3.05, 3.63) is 0 Å². The second-order valence-corrected chi connectivity index (χ2v) is 5.12. The number of carbonyl (C=O) groups is 1. The third-order valence-electron chi connectivity index (χ3n) is 2.31. The molecule has 1 aliphatic rings. The third kappa shape index (κ3) is 4.24. The van der Waals surface area contributed by atoms with Gasteiger partial charge in [-0.1, -0.05) is 0 Å². The topological polar surface area (TPSA) is 51.1 Å². The summed E-state index contributed by atoms with van der Waals surface area (Å²) in [7, 11) is 0. The van der Waals surface area contributed by atoms with Gasteiger partial charge in [-0.2, -0.15) is 0 Å². The predicted molar refractivity (Wildman–Crippen MR) is 66.3 cm³/mol. The molecule has 1 unspecified atom stereocenters. The van der Waals surface area contributed by atoms with E-state index in [4.69, 9.17) is 9.47 Å². The predicted octanol–water partition coefficient (Wildman–Crippen LogP) is 2.06. The number of nitrogens with zero attached hydrogens (tertiary/aromatic N) is 2. The second kappa shape index (κ2) is 5.38. The smallest absolute Gasteiger partial charge is 0.411 e. The number of hydrogen-bond acceptors (Lipinski definition) is 4. The van der Waals surface area contributed by atoms with Crippen molar-refractivity contribution in [2.45, 2.75) is 46.3 Å². The first-order chi connectivity index (χ1) is 7.83. The van der Waals surface area contributed by atoms with Crippen LogP contribution in [0.4, 0.5) is 4.79 Å². The number of hydrogen-bond donors (Lipinski definition) is 0. The van der Waals surface area contributed by atoms with E-state index >= 15 is 0 Å². The lowest BCUT2D eigenvalue weighted by Crippen LogP contribution is -2.49. The Bertz CT molecular complexity index is 307. The average Bonchev–Trinajstić information content (AvgIpc) is 2.18. The van der Waals surface area contributed by atoms with Gasteiger partial charge in [0.05, 0.1) is 19.2 Å². The maximum atomic E-state index is 12.0. The highest BCUT2D eigenvalue weighted by molar-refractivity contribution is 5.83. The van der Waals surface area contributed by atoms with Crippen molar-refractivity contribution in [1.82, 2.24) is 4.90 Å². The SMILES string of the molecule is CCOC1=NCC(C)N(C(=O)OC(C)(C)C)C1. The number of amides is 1. The zero-order valence-electron chi connectivity index (χ0n) is 11.3. The van der Waals surface area contributed by atoms with Crippen molar-refractivity contribution in [2.24, 2.45) is 4.99 Å². The lowest BCUT2D eigenvalue weighted by Gasteiger charge is -2.33. The maximum absolute atomic E-state index is 12.0. The highest BCUT2D eigenvalue weighted by atomic mass is 16.6. The molecule has 0 aliphatic carbocycles. The van der Waals surface area contributed by atoms with Crippen LogP contribution in [-0.4, -0.2) is 48.2 Å². The molecule has 5 heteroatoms. The molecule has 0 saturated carbocycles. The Labute approximate surface area is 103 Å². The zero-order valence-corrected chi connectivity index (χ0v) is 11.3. The van der Waals surface area contributed by atoms with Crippen molar-refractivity contribution < 1.29 is 14.3 Å². The summed E-state index contributed by atoms with van der Waals surface area (Å²) in [5.74, 6) is 0.608. The minimum atomic E-state index is -0.475. The van der Waals surface area contributed by atoms with E-state index in [1.165, 1.54) is 0 Å². The quantitative estimate of drug-likeness (QED) is 0.707. The molecular formula is C12H22N2O3. The van der Waals surface area contributed by atoms with Gasteiger partial charge in [-0.05, 0) is 34.6 Å². The van der Waals surface area contributed by atoms with Crippen LogP contribution in [0, 0.1) is 0 Å². The van der Waals surface area contributed by atoms with Crippen LogP contribution in [0.1, 0.15) is 34.6 Å². The fraction of sp³-hybridized carbons (Fsp3) is 0.833. The van der Waals surface area contributed by atoms with E-state index in [-0.39, 0.29) is 12.1 Å². The molecule has 0 radical (unpaired) electrons. The second-order valence-electron chi connectivity index (χ2n) is 5.12. The molecule has 1 heterocycles. The number of aliphatic imine (C=N–C) groups is 1. The minimum absolute atomic E-state index is 0.0501. The van der Waals surface area contributed by atoms with E-state index in [9.17, 15) is 4.79 Å². The minimum Gasteiger partial charge on any atom is -0.480 e. The number of rotatable bonds is 1. The van der Waals surface area contributed by atoms with Crippen molar-refractivity contribution in [3.63, 3.8) is 0 Å². The molecule has 0 saturated heterocycles. The van der Waals surface area contributed by atoms with E-state index in [0.717, 1.165) is 0 Å². The van der Waals surface area contributed by atoms with Crippen molar-refractivity contribution in [1.29, 1.82) is 0 Å². The summed E-state index contributed by atoms with van der Waals surface area (Å²) in [5.41, 5.74) is -0.475. The first kappa shape index (κ1) is 13.8. The fourth-order valence-corrected chi connectivity index (χ4v) is 1.51. The standard InChI is InChI=1S/C12H22N2O3/c1-6-16-10-8-14(9(2)7-13-10)11(15)17-12(3,4)5/h9H,6-8H2,1-5H3. The lowest BCUT2D eigenvalue weighted by atomic mass is 10.2. The van der Waals surface area contributed by atoms with E-state index in [1.54, 1.807) is 4.90 Å². The largest absolute Gasteiger partial charge is 0.480 e.